The highest BCUT2D eigenvalue weighted by Gasteiger charge is 2.28. The van der Waals surface area contributed by atoms with Gasteiger partial charge in [0, 0.05) is 23.8 Å². The number of likely N-dealkylation sites (N-methyl/N-ethyl adjacent to an activating group) is 1. The molecular weight excluding hydrogens is 386 g/mol. The maximum atomic E-state index is 12.7. The Bertz CT molecular complexity index is 829. The van der Waals surface area contributed by atoms with E-state index in [1.54, 1.807) is 11.8 Å². The monoisotopic (exact) mass is 417 g/mol. The molecule has 0 radical (unpaired) electrons. The summed E-state index contributed by atoms with van der Waals surface area (Å²) < 4.78 is 5.27. The number of esters is 1. The standard InChI is InChI=1S/C22H29N3O3S/c1-4-28-22(27)20-18(16-8-6-5-7-9-16)15-29-21(20)23-19(26)14-25(3)17-10-12-24(2)13-11-17/h5-9,15,17H,4,10-14H2,1-3H3,(H,23,26)/p+2. The molecule has 0 saturated carbocycles. The van der Waals surface area contributed by atoms with Gasteiger partial charge in [-0.15, -0.1) is 11.3 Å². The molecule has 1 fully saturated rings. The Balaban J connectivity index is 1.73. The second-order valence-electron chi connectivity index (χ2n) is 7.74. The fraction of sp³-hybridized carbons (Fsp3) is 0.455. The van der Waals surface area contributed by atoms with Crippen LogP contribution in [0.15, 0.2) is 35.7 Å². The van der Waals surface area contributed by atoms with Crippen molar-refractivity contribution >= 4 is 28.2 Å². The number of amides is 1. The number of hydrogen-bond acceptors (Lipinski definition) is 4. The van der Waals surface area contributed by atoms with Crippen molar-refractivity contribution < 1.29 is 24.1 Å². The molecule has 1 unspecified atom stereocenters. The summed E-state index contributed by atoms with van der Waals surface area (Å²) in [5, 5.41) is 5.44. The quantitative estimate of drug-likeness (QED) is 0.582. The molecule has 0 bridgehead atoms. The van der Waals surface area contributed by atoms with Crippen molar-refractivity contribution in [2.24, 2.45) is 0 Å². The van der Waals surface area contributed by atoms with Crippen LogP contribution in [0.3, 0.4) is 0 Å². The van der Waals surface area contributed by atoms with E-state index in [1.807, 2.05) is 35.7 Å². The molecule has 1 atom stereocenters. The molecule has 6 nitrogen and oxygen atoms in total. The Morgan fingerprint density at radius 3 is 2.59 bits per heavy atom. The van der Waals surface area contributed by atoms with Gasteiger partial charge in [-0.25, -0.2) is 4.79 Å². The fourth-order valence-electron chi connectivity index (χ4n) is 3.86. The summed E-state index contributed by atoms with van der Waals surface area (Å²) in [7, 11) is 4.30. The first-order valence-electron chi connectivity index (χ1n) is 10.3. The van der Waals surface area contributed by atoms with Gasteiger partial charge in [0.25, 0.3) is 5.91 Å². The van der Waals surface area contributed by atoms with Crippen molar-refractivity contribution in [3.63, 3.8) is 0 Å². The lowest BCUT2D eigenvalue weighted by Gasteiger charge is -2.30. The van der Waals surface area contributed by atoms with Crippen LogP contribution in [-0.2, 0) is 9.53 Å². The average molecular weight is 418 g/mol. The number of anilines is 1. The number of likely N-dealkylation sites (tertiary alicyclic amines) is 1. The predicted molar refractivity (Wildman–Crippen MR) is 116 cm³/mol. The molecule has 1 aromatic heterocycles. The zero-order valence-corrected chi connectivity index (χ0v) is 18.2. The Morgan fingerprint density at radius 2 is 1.93 bits per heavy atom. The molecule has 1 aliphatic rings. The topological polar surface area (TPSA) is 64.3 Å². The van der Waals surface area contributed by atoms with E-state index in [1.165, 1.54) is 16.2 Å². The molecule has 1 saturated heterocycles. The fourth-order valence-corrected chi connectivity index (χ4v) is 4.83. The van der Waals surface area contributed by atoms with Crippen molar-refractivity contribution in [2.75, 3.05) is 45.7 Å². The van der Waals surface area contributed by atoms with E-state index in [0.29, 0.717) is 29.8 Å². The highest BCUT2D eigenvalue weighted by molar-refractivity contribution is 7.15. The summed E-state index contributed by atoms with van der Waals surface area (Å²) in [6.45, 7) is 4.78. The number of piperidine rings is 1. The third-order valence-electron chi connectivity index (χ3n) is 5.58. The summed E-state index contributed by atoms with van der Waals surface area (Å²) in [4.78, 5) is 28.1. The molecule has 156 valence electrons. The molecule has 2 heterocycles. The van der Waals surface area contributed by atoms with Gasteiger partial charge in [0.15, 0.2) is 6.54 Å². The zero-order valence-electron chi connectivity index (χ0n) is 17.4. The van der Waals surface area contributed by atoms with E-state index < -0.39 is 5.97 Å². The SMILES string of the molecule is CCOC(=O)c1c(-c2ccccc2)csc1NC(=O)C[NH+](C)C1CC[NH+](C)CC1. The lowest BCUT2D eigenvalue weighted by molar-refractivity contribution is -0.935. The third kappa shape index (κ3) is 5.44. The van der Waals surface area contributed by atoms with Crippen LogP contribution in [0.4, 0.5) is 5.00 Å². The van der Waals surface area contributed by atoms with Crippen LogP contribution in [0.5, 0.6) is 0 Å². The maximum absolute atomic E-state index is 12.7. The van der Waals surface area contributed by atoms with Gasteiger partial charge in [0.1, 0.15) is 10.6 Å². The van der Waals surface area contributed by atoms with Gasteiger partial charge in [0.2, 0.25) is 0 Å². The maximum Gasteiger partial charge on any atom is 0.341 e. The van der Waals surface area contributed by atoms with Crippen LogP contribution in [0.25, 0.3) is 11.1 Å². The number of hydrogen-bond donors (Lipinski definition) is 3. The predicted octanol–water partition coefficient (Wildman–Crippen LogP) is 0.722. The van der Waals surface area contributed by atoms with Gasteiger partial charge in [0.05, 0.1) is 39.8 Å². The number of carbonyl (C=O) groups excluding carboxylic acids is 2. The first-order valence-corrected chi connectivity index (χ1v) is 11.1. The van der Waals surface area contributed by atoms with Crippen LogP contribution in [0, 0.1) is 0 Å². The van der Waals surface area contributed by atoms with Gasteiger partial charge < -0.3 is 19.9 Å². The summed E-state index contributed by atoms with van der Waals surface area (Å²) in [5.74, 6) is -0.470. The summed E-state index contributed by atoms with van der Waals surface area (Å²) in [5.41, 5.74) is 2.17. The van der Waals surface area contributed by atoms with Crippen molar-refractivity contribution in [1.82, 2.24) is 0 Å². The number of quaternary nitrogens is 2. The summed E-state index contributed by atoms with van der Waals surface area (Å²) >= 11 is 1.37. The van der Waals surface area contributed by atoms with Crippen molar-refractivity contribution in [3.8, 4) is 11.1 Å². The molecular formula is C22H31N3O3S+2. The molecule has 7 heteroatoms. The Kier molecular flexibility index (Phi) is 7.41. The summed E-state index contributed by atoms with van der Waals surface area (Å²) in [6, 6.07) is 10.2. The molecule has 0 spiro atoms. The Hall–Kier alpha value is -2.22. The number of carbonyl (C=O) groups is 2. The van der Waals surface area contributed by atoms with E-state index >= 15 is 0 Å². The number of benzene rings is 1. The molecule has 1 aliphatic heterocycles. The van der Waals surface area contributed by atoms with E-state index in [2.05, 4.69) is 19.4 Å². The number of thiophene rings is 1. The van der Waals surface area contributed by atoms with E-state index in [4.69, 9.17) is 4.74 Å². The first-order chi connectivity index (χ1) is 14.0. The van der Waals surface area contributed by atoms with Crippen molar-refractivity contribution in [1.29, 1.82) is 0 Å². The molecule has 1 amide bonds. The number of rotatable bonds is 7. The average Bonchev–Trinajstić information content (AvgIpc) is 3.12. The van der Waals surface area contributed by atoms with E-state index in [9.17, 15) is 9.59 Å². The Labute approximate surface area is 176 Å². The highest BCUT2D eigenvalue weighted by atomic mass is 32.1. The molecule has 0 aliphatic carbocycles. The molecule has 2 aromatic rings. The minimum absolute atomic E-state index is 0.0687. The highest BCUT2D eigenvalue weighted by Crippen LogP contribution is 2.36. The van der Waals surface area contributed by atoms with E-state index in [-0.39, 0.29) is 5.91 Å². The number of ether oxygens (including phenoxy) is 1. The summed E-state index contributed by atoms with van der Waals surface area (Å²) in [6.07, 6.45) is 2.27. The second kappa shape index (κ2) is 10.0. The zero-order chi connectivity index (χ0) is 20.8. The van der Waals surface area contributed by atoms with Crippen LogP contribution in [-0.4, -0.2) is 58.3 Å². The largest absolute Gasteiger partial charge is 0.462 e. The molecule has 1 aromatic carbocycles. The van der Waals surface area contributed by atoms with Gasteiger partial charge in [-0.3, -0.25) is 4.79 Å². The number of nitrogens with one attached hydrogen (secondary N) is 3. The third-order valence-corrected chi connectivity index (χ3v) is 6.48. The van der Waals surface area contributed by atoms with Gasteiger partial charge in [-0.05, 0) is 12.5 Å². The van der Waals surface area contributed by atoms with E-state index in [0.717, 1.165) is 37.1 Å². The smallest absolute Gasteiger partial charge is 0.341 e. The van der Waals surface area contributed by atoms with Gasteiger partial charge in [-0.2, -0.15) is 0 Å². The lowest BCUT2D eigenvalue weighted by atomic mass is 10.0. The van der Waals surface area contributed by atoms with Crippen LogP contribution in [0.1, 0.15) is 30.1 Å². The molecule has 3 rings (SSSR count). The lowest BCUT2D eigenvalue weighted by Crippen LogP contribution is -3.18. The van der Waals surface area contributed by atoms with Gasteiger partial charge in [-0.1, -0.05) is 30.3 Å². The minimum atomic E-state index is -0.401. The van der Waals surface area contributed by atoms with Crippen molar-refractivity contribution in [2.45, 2.75) is 25.8 Å². The molecule has 3 N–H and O–H groups in total. The van der Waals surface area contributed by atoms with Crippen molar-refractivity contribution in [3.05, 3.63) is 41.3 Å². The normalized spacial score (nSPS) is 20.1. The van der Waals surface area contributed by atoms with Crippen LogP contribution < -0.4 is 15.1 Å². The van der Waals surface area contributed by atoms with Gasteiger partial charge >= 0.3 is 5.97 Å². The molecule has 29 heavy (non-hydrogen) atoms. The van der Waals surface area contributed by atoms with Crippen LogP contribution >= 0.6 is 11.3 Å². The first kappa shape index (κ1) is 21.5. The Morgan fingerprint density at radius 1 is 1.24 bits per heavy atom. The van der Waals surface area contributed by atoms with Crippen LogP contribution in [0.2, 0.25) is 0 Å². The minimum Gasteiger partial charge on any atom is -0.462 e. The second-order valence-corrected chi connectivity index (χ2v) is 8.62.